The van der Waals surface area contributed by atoms with Crippen LogP contribution in [-0.4, -0.2) is 11.1 Å². The lowest BCUT2D eigenvalue weighted by atomic mass is 9.85. The SMILES string of the molecule is CCCCCCCCCCCCCCCCCCCCCCCCC(CC(CCC)CCCCC)C(=O)O. The number of hydrogen-bond acceptors (Lipinski definition) is 1. The Morgan fingerprint density at radius 3 is 1.08 bits per heavy atom. The Labute approximate surface area is 240 Å². The van der Waals surface area contributed by atoms with Crippen LogP contribution in [0.5, 0.6) is 0 Å². The number of hydrogen-bond donors (Lipinski definition) is 1. The molecule has 0 aromatic heterocycles. The molecule has 2 atom stereocenters. The third-order valence-corrected chi connectivity index (χ3v) is 8.79. The van der Waals surface area contributed by atoms with Crippen LogP contribution in [-0.2, 0) is 4.79 Å². The molecule has 0 aromatic rings. The van der Waals surface area contributed by atoms with E-state index in [0.717, 1.165) is 19.3 Å². The fourth-order valence-corrected chi connectivity index (χ4v) is 6.22. The first kappa shape index (κ1) is 37.5. The highest BCUT2D eigenvalue weighted by Gasteiger charge is 2.21. The van der Waals surface area contributed by atoms with Gasteiger partial charge in [-0.05, 0) is 18.8 Å². The summed E-state index contributed by atoms with van der Waals surface area (Å²) < 4.78 is 0. The Morgan fingerprint density at radius 1 is 0.421 bits per heavy atom. The van der Waals surface area contributed by atoms with Gasteiger partial charge in [-0.25, -0.2) is 0 Å². The molecule has 0 heterocycles. The minimum Gasteiger partial charge on any atom is -0.481 e. The molecule has 0 bridgehead atoms. The molecule has 0 spiro atoms. The second-order valence-electron chi connectivity index (χ2n) is 12.6. The van der Waals surface area contributed by atoms with Crippen molar-refractivity contribution < 1.29 is 9.90 Å². The van der Waals surface area contributed by atoms with Crippen molar-refractivity contribution in [2.24, 2.45) is 11.8 Å². The topological polar surface area (TPSA) is 37.3 Å². The van der Waals surface area contributed by atoms with Crippen LogP contribution in [0, 0.1) is 11.8 Å². The Bertz CT molecular complexity index is 460. The van der Waals surface area contributed by atoms with E-state index in [1.807, 2.05) is 0 Å². The van der Waals surface area contributed by atoms with E-state index in [4.69, 9.17) is 0 Å². The van der Waals surface area contributed by atoms with Crippen LogP contribution in [0.1, 0.15) is 213 Å². The maximum Gasteiger partial charge on any atom is 0.306 e. The zero-order valence-corrected chi connectivity index (χ0v) is 26.7. The van der Waals surface area contributed by atoms with Gasteiger partial charge in [-0.2, -0.15) is 0 Å². The molecule has 0 aromatic carbocycles. The highest BCUT2D eigenvalue weighted by atomic mass is 16.4. The van der Waals surface area contributed by atoms with Gasteiger partial charge in [0.05, 0.1) is 5.92 Å². The van der Waals surface area contributed by atoms with Crippen LogP contribution in [0.4, 0.5) is 0 Å². The van der Waals surface area contributed by atoms with Crippen molar-refractivity contribution in [3.05, 3.63) is 0 Å². The molecule has 0 radical (unpaired) electrons. The van der Waals surface area contributed by atoms with E-state index in [1.54, 1.807) is 0 Å². The number of unbranched alkanes of at least 4 members (excludes halogenated alkanes) is 23. The average Bonchev–Trinajstić information content (AvgIpc) is 2.90. The fraction of sp³-hybridized carbons (Fsp3) is 0.972. The lowest BCUT2D eigenvalue weighted by molar-refractivity contribution is -0.142. The smallest absolute Gasteiger partial charge is 0.306 e. The molecule has 0 aliphatic rings. The zero-order valence-electron chi connectivity index (χ0n) is 26.7. The molecule has 1 N–H and O–H groups in total. The number of aliphatic carboxylic acids is 1. The summed E-state index contributed by atoms with van der Waals surface area (Å²) in [7, 11) is 0. The van der Waals surface area contributed by atoms with E-state index < -0.39 is 5.97 Å². The second-order valence-corrected chi connectivity index (χ2v) is 12.6. The summed E-state index contributed by atoms with van der Waals surface area (Å²) in [4.78, 5) is 11.8. The van der Waals surface area contributed by atoms with Crippen LogP contribution < -0.4 is 0 Å². The average molecular weight is 537 g/mol. The molecule has 2 unspecified atom stereocenters. The monoisotopic (exact) mass is 537 g/mol. The summed E-state index contributed by atoms with van der Waals surface area (Å²) in [5, 5.41) is 9.73. The number of carboxylic acid groups (broad SMARTS) is 1. The van der Waals surface area contributed by atoms with Gasteiger partial charge in [-0.3, -0.25) is 4.79 Å². The first-order valence-corrected chi connectivity index (χ1v) is 17.9. The Balaban J connectivity index is 3.47. The highest BCUT2D eigenvalue weighted by Crippen LogP contribution is 2.27. The molecule has 0 saturated carbocycles. The first-order chi connectivity index (χ1) is 18.7. The summed E-state index contributed by atoms with van der Waals surface area (Å²) in [6, 6.07) is 0. The van der Waals surface area contributed by atoms with Gasteiger partial charge in [0.1, 0.15) is 0 Å². The molecule has 0 aliphatic heterocycles. The summed E-state index contributed by atoms with van der Waals surface area (Å²) in [6.45, 7) is 6.78. The summed E-state index contributed by atoms with van der Waals surface area (Å²) in [5.74, 6) is -0.0456. The summed E-state index contributed by atoms with van der Waals surface area (Å²) in [6.07, 6.45) is 40.0. The van der Waals surface area contributed by atoms with Gasteiger partial charge in [-0.15, -0.1) is 0 Å². The largest absolute Gasteiger partial charge is 0.481 e. The van der Waals surface area contributed by atoms with Crippen LogP contribution in [0.2, 0.25) is 0 Å². The molecule has 0 amide bonds. The number of carboxylic acids is 1. The molecule has 2 nitrogen and oxygen atoms in total. The van der Waals surface area contributed by atoms with Gasteiger partial charge < -0.3 is 5.11 Å². The predicted molar refractivity (Wildman–Crippen MR) is 170 cm³/mol. The molecule has 0 fully saturated rings. The van der Waals surface area contributed by atoms with Gasteiger partial charge >= 0.3 is 5.97 Å². The van der Waals surface area contributed by atoms with Crippen molar-refractivity contribution in [3.8, 4) is 0 Å². The Kier molecular flexibility index (Phi) is 30.6. The first-order valence-electron chi connectivity index (χ1n) is 17.9. The van der Waals surface area contributed by atoms with E-state index in [1.165, 1.54) is 173 Å². The lowest BCUT2D eigenvalue weighted by Gasteiger charge is -2.21. The van der Waals surface area contributed by atoms with Gasteiger partial charge in [0.25, 0.3) is 0 Å². The van der Waals surface area contributed by atoms with Gasteiger partial charge in [0, 0.05) is 0 Å². The minimum atomic E-state index is -0.551. The van der Waals surface area contributed by atoms with Gasteiger partial charge in [0.2, 0.25) is 0 Å². The summed E-state index contributed by atoms with van der Waals surface area (Å²) >= 11 is 0. The predicted octanol–water partition coefficient (Wildman–Crippen LogP) is 13.1. The summed E-state index contributed by atoms with van der Waals surface area (Å²) in [5.41, 5.74) is 0. The van der Waals surface area contributed by atoms with Crippen molar-refractivity contribution in [1.29, 1.82) is 0 Å². The fourth-order valence-electron chi connectivity index (χ4n) is 6.22. The minimum absolute atomic E-state index is 0.113. The van der Waals surface area contributed by atoms with Crippen molar-refractivity contribution in [3.63, 3.8) is 0 Å². The maximum atomic E-state index is 11.8. The second kappa shape index (κ2) is 31.0. The zero-order chi connectivity index (χ0) is 27.9. The molecule has 38 heavy (non-hydrogen) atoms. The number of rotatable bonds is 32. The maximum absolute atomic E-state index is 11.8. The molecule has 228 valence electrons. The van der Waals surface area contributed by atoms with Crippen molar-refractivity contribution in [2.45, 2.75) is 213 Å². The lowest BCUT2D eigenvalue weighted by Crippen LogP contribution is -2.18. The van der Waals surface area contributed by atoms with Crippen molar-refractivity contribution in [1.82, 2.24) is 0 Å². The third-order valence-electron chi connectivity index (χ3n) is 8.79. The van der Waals surface area contributed by atoms with E-state index in [9.17, 15) is 9.90 Å². The van der Waals surface area contributed by atoms with Crippen LogP contribution in [0.15, 0.2) is 0 Å². The molecule has 0 rings (SSSR count). The highest BCUT2D eigenvalue weighted by molar-refractivity contribution is 5.69. The number of carbonyl (C=O) groups is 1. The van der Waals surface area contributed by atoms with Gasteiger partial charge in [-0.1, -0.05) is 201 Å². The van der Waals surface area contributed by atoms with Crippen LogP contribution in [0.25, 0.3) is 0 Å². The Hall–Kier alpha value is -0.530. The van der Waals surface area contributed by atoms with Crippen LogP contribution in [0.3, 0.4) is 0 Å². The molecule has 2 heteroatoms. The van der Waals surface area contributed by atoms with Crippen LogP contribution >= 0.6 is 0 Å². The third kappa shape index (κ3) is 27.1. The van der Waals surface area contributed by atoms with Crippen molar-refractivity contribution in [2.75, 3.05) is 0 Å². The standard InChI is InChI=1S/C36H72O2/c1-4-7-9-10-11-12-13-14-15-16-17-18-19-20-21-22-23-24-25-26-27-29-32-35(36(37)38)33-34(30-6-3)31-28-8-5-2/h34-35H,4-33H2,1-3H3,(H,37,38). The quantitative estimate of drug-likeness (QED) is 0.0868. The van der Waals surface area contributed by atoms with E-state index in [-0.39, 0.29) is 5.92 Å². The van der Waals surface area contributed by atoms with E-state index >= 15 is 0 Å². The van der Waals surface area contributed by atoms with Gasteiger partial charge in [0.15, 0.2) is 0 Å². The van der Waals surface area contributed by atoms with Crippen molar-refractivity contribution >= 4 is 5.97 Å². The Morgan fingerprint density at radius 2 is 0.737 bits per heavy atom. The normalized spacial score (nSPS) is 13.1. The molecular weight excluding hydrogens is 464 g/mol. The molecular formula is C36H72O2. The van der Waals surface area contributed by atoms with E-state index in [0.29, 0.717) is 5.92 Å². The molecule has 0 saturated heterocycles. The van der Waals surface area contributed by atoms with E-state index in [2.05, 4.69) is 20.8 Å². The molecule has 0 aliphatic carbocycles.